The molecule has 0 aliphatic carbocycles. The second-order valence-corrected chi connectivity index (χ2v) is 13.4. The Morgan fingerprint density at radius 2 is 1.70 bits per heavy atom. The quantitative estimate of drug-likeness (QED) is 0.338. The van der Waals surface area contributed by atoms with Gasteiger partial charge in [0.05, 0.1) is 16.5 Å². The Kier molecular flexibility index (Phi) is 8.49. The number of carbonyl (C=O) groups excluding carboxylic acids is 1. The van der Waals surface area contributed by atoms with Crippen molar-refractivity contribution in [1.82, 2.24) is 4.90 Å². The zero-order chi connectivity index (χ0) is 25.4. The van der Waals surface area contributed by atoms with Crippen molar-refractivity contribution in [3.05, 3.63) is 0 Å². The van der Waals surface area contributed by atoms with Crippen molar-refractivity contribution >= 4 is 57.5 Å². The SMILES string of the molecule is CC(=O)SC[C@@]1(CCCB2OC(C)(C)C(C)(C)O2)[C@H](S(=O)(=O)CCl)CN(C(=O)O)[C@@H]1C(=O)O. The Labute approximate surface area is 203 Å². The molecule has 0 spiro atoms. The summed E-state index contributed by atoms with van der Waals surface area (Å²) in [6.07, 6.45) is -0.885. The number of carboxylic acids is 1. The molecule has 0 radical (unpaired) electrons. The van der Waals surface area contributed by atoms with Crippen LogP contribution in [0.25, 0.3) is 0 Å². The number of sulfone groups is 1. The lowest BCUT2D eigenvalue weighted by Crippen LogP contribution is -2.52. The van der Waals surface area contributed by atoms with Crippen molar-refractivity contribution in [3.8, 4) is 0 Å². The molecule has 0 bridgehead atoms. The van der Waals surface area contributed by atoms with E-state index in [0.717, 1.165) is 11.8 Å². The van der Waals surface area contributed by atoms with Crippen molar-refractivity contribution < 1.29 is 42.3 Å². The molecule has 0 saturated carbocycles. The first-order valence-corrected chi connectivity index (χ1v) is 13.7. The number of carboxylic acid groups (broad SMARTS) is 2. The monoisotopic (exact) mass is 527 g/mol. The molecule has 33 heavy (non-hydrogen) atoms. The highest BCUT2D eigenvalue weighted by atomic mass is 35.5. The van der Waals surface area contributed by atoms with Gasteiger partial charge in [-0.15, -0.1) is 11.6 Å². The standard InChI is InChI=1S/C19H31BClNO9S2/c1-12(23)32-10-19(7-6-8-20-30-17(2,3)18(4,5)31-20)13(33(28,29)11-21)9-22(16(26)27)14(19)15(24)25/h13-14H,6-11H2,1-5H3,(H,24,25)(H,26,27)/t13-,14-,19+/m1/s1. The normalized spacial score (nSPS) is 28.8. The first-order chi connectivity index (χ1) is 15.0. The summed E-state index contributed by atoms with van der Waals surface area (Å²) in [4.78, 5) is 36.5. The minimum absolute atomic E-state index is 0.0267. The Bertz CT molecular complexity index is 882. The number of hydrogen-bond donors (Lipinski definition) is 2. The minimum Gasteiger partial charge on any atom is -0.480 e. The molecule has 3 atom stereocenters. The predicted octanol–water partition coefficient (Wildman–Crippen LogP) is 2.55. The maximum absolute atomic E-state index is 12.9. The number of nitrogens with zero attached hydrogens (tertiary/aromatic N) is 1. The summed E-state index contributed by atoms with van der Waals surface area (Å²) < 4.78 is 37.7. The maximum Gasteiger partial charge on any atom is 0.457 e. The Morgan fingerprint density at radius 3 is 2.12 bits per heavy atom. The van der Waals surface area contributed by atoms with Gasteiger partial charge in [0, 0.05) is 24.6 Å². The number of likely N-dealkylation sites (tertiary alicyclic amines) is 1. The van der Waals surface area contributed by atoms with Gasteiger partial charge in [0.25, 0.3) is 0 Å². The van der Waals surface area contributed by atoms with Gasteiger partial charge in [0.2, 0.25) is 0 Å². The van der Waals surface area contributed by atoms with Crippen LogP contribution in [0.5, 0.6) is 0 Å². The third-order valence-electron chi connectivity index (χ3n) is 6.85. The summed E-state index contributed by atoms with van der Waals surface area (Å²) in [5.41, 5.74) is -2.69. The Balaban J connectivity index is 2.42. The third kappa shape index (κ3) is 5.63. The summed E-state index contributed by atoms with van der Waals surface area (Å²) in [5, 5.41) is 17.1. The van der Waals surface area contributed by atoms with E-state index in [9.17, 15) is 33.0 Å². The predicted molar refractivity (Wildman–Crippen MR) is 125 cm³/mol. The van der Waals surface area contributed by atoms with Crippen LogP contribution < -0.4 is 0 Å². The molecule has 1 amide bonds. The van der Waals surface area contributed by atoms with Gasteiger partial charge >= 0.3 is 19.2 Å². The van der Waals surface area contributed by atoms with E-state index in [1.165, 1.54) is 6.92 Å². The van der Waals surface area contributed by atoms with Gasteiger partial charge in [0.15, 0.2) is 15.0 Å². The molecule has 2 fully saturated rings. The van der Waals surface area contributed by atoms with Crippen LogP contribution in [0.4, 0.5) is 4.79 Å². The van der Waals surface area contributed by atoms with Crippen LogP contribution in [0.15, 0.2) is 0 Å². The van der Waals surface area contributed by atoms with E-state index < -0.39 is 68.7 Å². The summed E-state index contributed by atoms with van der Waals surface area (Å²) in [6, 6.07) is -1.65. The molecule has 2 heterocycles. The van der Waals surface area contributed by atoms with Gasteiger partial charge in [-0.3, -0.25) is 9.69 Å². The van der Waals surface area contributed by atoms with Crippen molar-refractivity contribution in [2.45, 2.75) is 76.3 Å². The molecular weight excluding hydrogens is 497 g/mol. The van der Waals surface area contributed by atoms with Gasteiger partial charge < -0.3 is 19.5 Å². The molecule has 0 aromatic carbocycles. The van der Waals surface area contributed by atoms with Crippen LogP contribution in [0.2, 0.25) is 6.32 Å². The van der Waals surface area contributed by atoms with Gasteiger partial charge in [-0.1, -0.05) is 18.2 Å². The summed E-state index contributed by atoms with van der Waals surface area (Å²) >= 11 is 6.49. The highest BCUT2D eigenvalue weighted by Gasteiger charge is 2.62. The summed E-state index contributed by atoms with van der Waals surface area (Å²) in [7, 11) is -4.65. The van der Waals surface area contributed by atoms with Gasteiger partial charge in [0.1, 0.15) is 11.3 Å². The smallest absolute Gasteiger partial charge is 0.457 e. The second-order valence-electron chi connectivity index (χ2n) is 9.53. The zero-order valence-electron chi connectivity index (χ0n) is 19.4. The van der Waals surface area contributed by atoms with Crippen LogP contribution in [0.1, 0.15) is 47.5 Å². The molecule has 14 heteroatoms. The number of amides is 1. The molecule has 0 unspecified atom stereocenters. The molecule has 2 aliphatic heterocycles. The first kappa shape index (κ1) is 28.2. The number of thioether (sulfide) groups is 1. The molecular formula is C19H31BClNO9S2. The third-order valence-corrected chi connectivity index (χ3v) is 10.6. The van der Waals surface area contributed by atoms with Crippen molar-refractivity contribution in [2.75, 3.05) is 17.5 Å². The van der Waals surface area contributed by atoms with E-state index in [1.54, 1.807) is 0 Å². The number of halogens is 1. The molecule has 2 saturated heterocycles. The molecule has 2 N–H and O–H groups in total. The van der Waals surface area contributed by atoms with E-state index in [1.807, 2.05) is 27.7 Å². The fourth-order valence-electron chi connectivity index (χ4n) is 4.53. The average Bonchev–Trinajstić information content (AvgIpc) is 3.12. The number of alkyl halides is 1. The van der Waals surface area contributed by atoms with E-state index in [4.69, 9.17) is 20.9 Å². The molecule has 2 rings (SSSR count). The minimum atomic E-state index is -4.06. The van der Waals surface area contributed by atoms with Gasteiger partial charge in [-0.25, -0.2) is 18.0 Å². The fourth-order valence-corrected chi connectivity index (χ4v) is 7.65. The lowest BCUT2D eigenvalue weighted by atomic mass is 9.73. The Hall–Kier alpha value is -1.02. The molecule has 0 aromatic heterocycles. The van der Waals surface area contributed by atoms with Crippen LogP contribution in [-0.4, -0.2) is 87.8 Å². The van der Waals surface area contributed by atoms with E-state index in [2.05, 4.69) is 0 Å². The number of carbonyl (C=O) groups is 3. The lowest BCUT2D eigenvalue weighted by Gasteiger charge is -2.37. The number of hydrogen-bond acceptors (Lipinski definition) is 8. The summed E-state index contributed by atoms with van der Waals surface area (Å²) in [5.74, 6) is -1.64. The first-order valence-electron chi connectivity index (χ1n) is 10.5. The molecule has 2 aliphatic rings. The van der Waals surface area contributed by atoms with Crippen molar-refractivity contribution in [1.29, 1.82) is 0 Å². The van der Waals surface area contributed by atoms with Crippen molar-refractivity contribution in [3.63, 3.8) is 0 Å². The number of aliphatic carboxylic acids is 1. The Morgan fingerprint density at radius 1 is 1.15 bits per heavy atom. The fraction of sp³-hybridized carbons (Fsp3) is 0.842. The van der Waals surface area contributed by atoms with Crippen LogP contribution in [0.3, 0.4) is 0 Å². The lowest BCUT2D eigenvalue weighted by molar-refractivity contribution is -0.144. The molecule has 0 aromatic rings. The maximum atomic E-state index is 12.9. The zero-order valence-corrected chi connectivity index (χ0v) is 21.8. The van der Waals surface area contributed by atoms with E-state index in [0.29, 0.717) is 17.6 Å². The molecule has 188 valence electrons. The van der Waals surface area contributed by atoms with Crippen LogP contribution >= 0.6 is 23.4 Å². The topological polar surface area (TPSA) is 148 Å². The van der Waals surface area contributed by atoms with Crippen LogP contribution in [0, 0.1) is 5.41 Å². The van der Waals surface area contributed by atoms with Gasteiger partial charge in [-0.05, 0) is 40.4 Å². The van der Waals surface area contributed by atoms with Gasteiger partial charge in [-0.2, -0.15) is 0 Å². The highest BCUT2D eigenvalue weighted by molar-refractivity contribution is 8.13. The summed E-state index contributed by atoms with van der Waals surface area (Å²) in [6.45, 7) is 8.32. The largest absolute Gasteiger partial charge is 0.480 e. The molecule has 10 nitrogen and oxygen atoms in total. The second kappa shape index (κ2) is 9.92. The van der Waals surface area contributed by atoms with Crippen LogP contribution in [-0.2, 0) is 28.7 Å². The van der Waals surface area contributed by atoms with Crippen molar-refractivity contribution in [2.24, 2.45) is 5.41 Å². The van der Waals surface area contributed by atoms with E-state index in [-0.39, 0.29) is 17.3 Å². The highest BCUT2D eigenvalue weighted by Crippen LogP contribution is 2.48. The average molecular weight is 528 g/mol. The van der Waals surface area contributed by atoms with E-state index >= 15 is 0 Å². The number of rotatable bonds is 9.